The molecule has 0 N–H and O–H groups in total. The molecule has 1 rings (SSSR count). The van der Waals surface area contributed by atoms with Crippen molar-refractivity contribution >= 4 is 0 Å². The maximum Gasteiger partial charge on any atom is 0.00654 e. The summed E-state index contributed by atoms with van der Waals surface area (Å²) < 4.78 is 0. The minimum absolute atomic E-state index is 0. The molecule has 1 radical (unpaired) electrons. The summed E-state index contributed by atoms with van der Waals surface area (Å²) in [5, 5.41) is 4.52. The molecule has 3 heteroatoms. The summed E-state index contributed by atoms with van der Waals surface area (Å²) in [4.78, 5) is 2.31. The van der Waals surface area contributed by atoms with Crippen LogP contribution in [0.15, 0.2) is 0 Å². The second-order valence-corrected chi connectivity index (χ2v) is 5.04. The molecule has 2 nitrogen and oxygen atoms in total. The van der Waals surface area contributed by atoms with Crippen molar-refractivity contribution in [3.8, 4) is 0 Å². The first-order valence-corrected chi connectivity index (χ1v) is 5.33. The van der Waals surface area contributed by atoms with Gasteiger partial charge in [0.05, 0.1) is 0 Å². The molecule has 0 aromatic heterocycles. The zero-order chi connectivity index (χ0) is 9.90. The van der Waals surface area contributed by atoms with E-state index in [1.165, 1.54) is 19.3 Å². The first-order chi connectivity index (χ1) is 6.03. The Morgan fingerprint density at radius 2 is 2.07 bits per heavy atom. The van der Waals surface area contributed by atoms with Gasteiger partial charge in [0.25, 0.3) is 0 Å². The molecule has 0 spiro atoms. The van der Waals surface area contributed by atoms with Crippen LogP contribution in [-0.2, 0) is 22.4 Å². The minimum atomic E-state index is 0. The largest absolute Gasteiger partial charge is 0.662 e. The average molecular weight is 364 g/mol. The predicted octanol–water partition coefficient (Wildman–Crippen LogP) is 2.50. The number of hydrogen-bond acceptors (Lipinski definition) is 1. The van der Waals surface area contributed by atoms with Gasteiger partial charge in [0.15, 0.2) is 0 Å². The summed E-state index contributed by atoms with van der Waals surface area (Å²) in [5.74, 6) is 0. The third kappa shape index (κ3) is 4.45. The summed E-state index contributed by atoms with van der Waals surface area (Å²) in [5.41, 5.74) is 0.474. The van der Waals surface area contributed by atoms with Crippen LogP contribution in [0, 0.1) is 5.41 Å². The normalized spacial score (nSPS) is 29.8. The number of hydrogen-bond donors (Lipinski definition) is 0. The topological polar surface area (TPSA) is 17.3 Å². The minimum Gasteiger partial charge on any atom is -0.662 e. The van der Waals surface area contributed by atoms with Crippen LogP contribution in [0.25, 0.3) is 5.32 Å². The standard InChI is InChI=1S/C11H23N2.Ta/c1-10(13(3)4)8-11(2)6-5-7-12-9-11;/h10H,5-9H2,1-4H3;/q-1;/t10-,11+;/m1./s1. The molecule has 0 amide bonds. The van der Waals surface area contributed by atoms with Crippen LogP contribution in [0.4, 0.5) is 0 Å². The van der Waals surface area contributed by atoms with E-state index in [9.17, 15) is 0 Å². The van der Waals surface area contributed by atoms with Crippen molar-refractivity contribution in [1.82, 2.24) is 4.90 Å². The third-order valence-corrected chi connectivity index (χ3v) is 3.26. The first-order valence-electron chi connectivity index (χ1n) is 5.33. The smallest absolute Gasteiger partial charge is 0.00654 e. The molecule has 0 aromatic carbocycles. The fraction of sp³-hybridized carbons (Fsp3) is 1.00. The molecule has 1 fully saturated rings. The van der Waals surface area contributed by atoms with Gasteiger partial charge in [0.2, 0.25) is 0 Å². The van der Waals surface area contributed by atoms with Gasteiger partial charge in [0, 0.05) is 28.4 Å². The Bertz CT molecular complexity index is 153. The summed E-state index contributed by atoms with van der Waals surface area (Å²) in [6.07, 6.45) is 3.93. The molecule has 1 aliphatic rings. The predicted molar refractivity (Wildman–Crippen MR) is 58.2 cm³/mol. The molecule has 0 bridgehead atoms. The van der Waals surface area contributed by atoms with E-state index in [0.717, 1.165) is 13.1 Å². The summed E-state index contributed by atoms with van der Waals surface area (Å²) in [6, 6.07) is 0.679. The summed E-state index contributed by atoms with van der Waals surface area (Å²) in [6.45, 7) is 6.85. The second kappa shape index (κ2) is 6.29. The van der Waals surface area contributed by atoms with E-state index in [2.05, 4.69) is 38.2 Å². The first kappa shape index (κ1) is 14.7. The van der Waals surface area contributed by atoms with Gasteiger partial charge in [-0.1, -0.05) is 19.8 Å². The van der Waals surface area contributed by atoms with Crippen molar-refractivity contribution in [2.75, 3.05) is 27.2 Å². The molecule has 2 atom stereocenters. The molecular weight excluding hydrogens is 341 g/mol. The Hall–Kier alpha value is 0.660. The SMILES string of the molecule is C[C@H](C[C@]1(C)CCC[N-]C1)N(C)C.[Ta]. The van der Waals surface area contributed by atoms with Crippen LogP contribution < -0.4 is 0 Å². The van der Waals surface area contributed by atoms with Crippen LogP contribution in [-0.4, -0.2) is 38.1 Å². The van der Waals surface area contributed by atoms with Crippen molar-refractivity contribution in [1.29, 1.82) is 0 Å². The Balaban J connectivity index is 0.00000169. The van der Waals surface area contributed by atoms with Crippen LogP contribution in [0.3, 0.4) is 0 Å². The average Bonchev–Trinajstić information content (AvgIpc) is 2.04. The van der Waals surface area contributed by atoms with E-state index < -0.39 is 0 Å². The maximum atomic E-state index is 4.52. The van der Waals surface area contributed by atoms with Crippen LogP contribution in [0.2, 0.25) is 0 Å². The zero-order valence-electron chi connectivity index (χ0n) is 9.95. The molecule has 14 heavy (non-hydrogen) atoms. The van der Waals surface area contributed by atoms with Gasteiger partial charge in [-0.15, -0.1) is 13.1 Å². The van der Waals surface area contributed by atoms with Crippen molar-refractivity contribution in [2.24, 2.45) is 5.41 Å². The van der Waals surface area contributed by atoms with E-state index in [-0.39, 0.29) is 22.4 Å². The van der Waals surface area contributed by atoms with Crippen LogP contribution in [0.5, 0.6) is 0 Å². The van der Waals surface area contributed by atoms with Crippen molar-refractivity contribution in [3.63, 3.8) is 0 Å². The van der Waals surface area contributed by atoms with Crippen LogP contribution >= 0.6 is 0 Å². The molecule has 83 valence electrons. The second-order valence-electron chi connectivity index (χ2n) is 5.04. The van der Waals surface area contributed by atoms with Gasteiger partial charge in [-0.2, -0.15) is 0 Å². The fourth-order valence-corrected chi connectivity index (χ4v) is 2.11. The molecule has 0 saturated carbocycles. The maximum absolute atomic E-state index is 4.52. The van der Waals surface area contributed by atoms with E-state index >= 15 is 0 Å². The zero-order valence-corrected chi connectivity index (χ0v) is 13.2. The molecular formula is C11H23N2Ta-. The molecule has 1 saturated heterocycles. The van der Waals surface area contributed by atoms with E-state index in [1.807, 2.05) is 0 Å². The molecule has 1 aliphatic heterocycles. The van der Waals surface area contributed by atoms with Gasteiger partial charge in [0.1, 0.15) is 0 Å². The van der Waals surface area contributed by atoms with Gasteiger partial charge < -0.3 is 10.2 Å². The van der Waals surface area contributed by atoms with Gasteiger partial charge in [-0.3, -0.25) is 0 Å². The molecule has 0 unspecified atom stereocenters. The van der Waals surface area contributed by atoms with Gasteiger partial charge in [-0.25, -0.2) is 0 Å². The molecule has 0 aliphatic carbocycles. The molecule has 0 aromatic rings. The third-order valence-electron chi connectivity index (χ3n) is 3.26. The summed E-state index contributed by atoms with van der Waals surface area (Å²) >= 11 is 0. The quantitative estimate of drug-likeness (QED) is 0.752. The van der Waals surface area contributed by atoms with Crippen molar-refractivity contribution in [3.05, 3.63) is 5.32 Å². The number of rotatable bonds is 3. The monoisotopic (exact) mass is 364 g/mol. The Labute approximate surface area is 104 Å². The summed E-state index contributed by atoms with van der Waals surface area (Å²) in [7, 11) is 4.32. The Morgan fingerprint density at radius 3 is 2.50 bits per heavy atom. The number of nitrogens with zero attached hydrogens (tertiary/aromatic N) is 2. The Kier molecular flexibility index (Phi) is 6.58. The Morgan fingerprint density at radius 1 is 1.43 bits per heavy atom. The number of piperidine rings is 1. The van der Waals surface area contributed by atoms with E-state index in [4.69, 9.17) is 0 Å². The molecule has 1 heterocycles. The van der Waals surface area contributed by atoms with E-state index in [1.54, 1.807) is 0 Å². The van der Waals surface area contributed by atoms with Gasteiger partial charge in [-0.05, 0) is 32.9 Å². The van der Waals surface area contributed by atoms with E-state index in [0.29, 0.717) is 11.5 Å². The van der Waals surface area contributed by atoms with Crippen molar-refractivity contribution in [2.45, 2.75) is 39.2 Å². The van der Waals surface area contributed by atoms with Crippen LogP contribution in [0.1, 0.15) is 33.1 Å². The van der Waals surface area contributed by atoms with Gasteiger partial charge >= 0.3 is 0 Å². The van der Waals surface area contributed by atoms with Crippen molar-refractivity contribution < 1.29 is 22.4 Å². The fourth-order valence-electron chi connectivity index (χ4n) is 2.11.